The highest BCUT2D eigenvalue weighted by atomic mass is 16.5. The van der Waals surface area contributed by atoms with E-state index in [1.165, 1.54) is 37.7 Å². The zero-order valence-corrected chi connectivity index (χ0v) is 17.1. The van der Waals surface area contributed by atoms with Crippen LogP contribution in [0.2, 0.25) is 0 Å². The monoisotopic (exact) mass is 372 g/mol. The second-order valence-electron chi connectivity index (χ2n) is 8.26. The lowest BCUT2D eigenvalue weighted by molar-refractivity contribution is -0.127. The molecule has 2 aliphatic rings. The molecule has 1 amide bonds. The minimum atomic E-state index is 0.0117. The molecule has 1 unspecified atom stereocenters. The molecular formula is C23H36N2O2. The van der Waals surface area contributed by atoms with Crippen LogP contribution in [0.5, 0.6) is 5.75 Å². The highest BCUT2D eigenvalue weighted by Gasteiger charge is 2.28. The summed E-state index contributed by atoms with van der Waals surface area (Å²) in [4.78, 5) is 14.9. The van der Waals surface area contributed by atoms with Gasteiger partial charge in [0.1, 0.15) is 5.75 Å². The van der Waals surface area contributed by atoms with Gasteiger partial charge in [0.15, 0.2) is 0 Å². The first-order valence-electron chi connectivity index (χ1n) is 10.9. The third kappa shape index (κ3) is 5.97. The van der Waals surface area contributed by atoms with Gasteiger partial charge in [-0.2, -0.15) is 0 Å². The number of hydrogen-bond donors (Lipinski definition) is 1. The van der Waals surface area contributed by atoms with Crippen LogP contribution in [-0.2, 0) is 11.2 Å². The maximum Gasteiger partial charge on any atom is 0.237 e. The maximum absolute atomic E-state index is 12.5. The van der Waals surface area contributed by atoms with Crippen LogP contribution in [-0.4, -0.2) is 42.6 Å². The first-order valence-corrected chi connectivity index (χ1v) is 10.9. The summed E-state index contributed by atoms with van der Waals surface area (Å²) in [6.45, 7) is 6.90. The Bertz CT molecular complexity index is 573. The number of ether oxygens (including phenoxy) is 1. The molecule has 4 nitrogen and oxygen atoms in total. The van der Waals surface area contributed by atoms with E-state index in [2.05, 4.69) is 41.4 Å². The number of carbonyl (C=O) groups is 1. The van der Waals surface area contributed by atoms with Crippen molar-refractivity contribution in [1.29, 1.82) is 0 Å². The third-order valence-corrected chi connectivity index (χ3v) is 6.35. The molecular weight excluding hydrogens is 336 g/mol. The largest absolute Gasteiger partial charge is 0.494 e. The van der Waals surface area contributed by atoms with Crippen molar-refractivity contribution in [3.05, 3.63) is 29.8 Å². The molecule has 0 radical (unpaired) electrons. The molecule has 1 saturated carbocycles. The highest BCUT2D eigenvalue weighted by molar-refractivity contribution is 5.81. The summed E-state index contributed by atoms with van der Waals surface area (Å²) in [6, 6.07) is 8.97. The van der Waals surface area contributed by atoms with E-state index in [0.717, 1.165) is 50.6 Å². The predicted octanol–water partition coefficient (Wildman–Crippen LogP) is 4.18. The van der Waals surface area contributed by atoms with Crippen LogP contribution in [0.4, 0.5) is 0 Å². The fourth-order valence-electron chi connectivity index (χ4n) is 4.48. The van der Waals surface area contributed by atoms with Gasteiger partial charge in [0.05, 0.1) is 12.6 Å². The minimum absolute atomic E-state index is 0.0117. The van der Waals surface area contributed by atoms with Crippen molar-refractivity contribution in [2.24, 2.45) is 5.92 Å². The van der Waals surface area contributed by atoms with Crippen LogP contribution in [0, 0.1) is 5.92 Å². The van der Waals surface area contributed by atoms with Gasteiger partial charge in [-0.05, 0) is 89.1 Å². The van der Waals surface area contributed by atoms with Crippen molar-refractivity contribution in [1.82, 2.24) is 10.2 Å². The SMILES string of the molecule is CCOc1ccc(CCC2CCN(C(C)C(=O)NC3CCCC3)CC2)cc1. The summed E-state index contributed by atoms with van der Waals surface area (Å²) in [5.41, 5.74) is 1.39. The molecule has 1 N–H and O–H groups in total. The molecule has 1 aliphatic carbocycles. The molecule has 150 valence electrons. The number of benzene rings is 1. The van der Waals surface area contributed by atoms with E-state index in [9.17, 15) is 4.79 Å². The van der Waals surface area contributed by atoms with Crippen molar-refractivity contribution < 1.29 is 9.53 Å². The molecule has 3 rings (SSSR count). The first kappa shape index (κ1) is 20.2. The second kappa shape index (κ2) is 10.1. The number of rotatable bonds is 8. The van der Waals surface area contributed by atoms with Crippen LogP contribution in [0.25, 0.3) is 0 Å². The van der Waals surface area contributed by atoms with E-state index >= 15 is 0 Å². The van der Waals surface area contributed by atoms with E-state index in [1.54, 1.807) is 0 Å². The normalized spacial score (nSPS) is 20.5. The average molecular weight is 373 g/mol. The van der Waals surface area contributed by atoms with Gasteiger partial charge in [-0.25, -0.2) is 0 Å². The summed E-state index contributed by atoms with van der Waals surface area (Å²) in [5.74, 6) is 1.96. The lowest BCUT2D eigenvalue weighted by Crippen LogP contribution is -2.50. The van der Waals surface area contributed by atoms with Gasteiger partial charge >= 0.3 is 0 Å². The van der Waals surface area contributed by atoms with E-state index in [1.807, 2.05) is 6.92 Å². The van der Waals surface area contributed by atoms with Crippen molar-refractivity contribution in [3.8, 4) is 5.75 Å². The van der Waals surface area contributed by atoms with Gasteiger partial charge < -0.3 is 10.1 Å². The molecule has 1 saturated heterocycles. The standard InChI is InChI=1S/C23H36N2O2/c1-3-27-22-12-10-19(11-13-22)8-9-20-14-16-25(17-15-20)18(2)23(26)24-21-6-4-5-7-21/h10-13,18,20-21H,3-9,14-17H2,1-2H3,(H,24,26). The Morgan fingerprint density at radius 1 is 1.15 bits per heavy atom. The fourth-order valence-corrected chi connectivity index (χ4v) is 4.48. The molecule has 4 heteroatoms. The van der Waals surface area contributed by atoms with E-state index in [-0.39, 0.29) is 11.9 Å². The maximum atomic E-state index is 12.5. The Balaban J connectivity index is 1.37. The summed E-state index contributed by atoms with van der Waals surface area (Å²) in [7, 11) is 0. The molecule has 27 heavy (non-hydrogen) atoms. The van der Waals surface area contributed by atoms with Crippen molar-refractivity contribution >= 4 is 5.91 Å². The number of piperidine rings is 1. The number of carbonyl (C=O) groups excluding carboxylic acids is 1. The zero-order chi connectivity index (χ0) is 19.1. The van der Waals surface area contributed by atoms with E-state index < -0.39 is 0 Å². The minimum Gasteiger partial charge on any atom is -0.494 e. The molecule has 1 heterocycles. The van der Waals surface area contributed by atoms with Crippen molar-refractivity contribution in [3.63, 3.8) is 0 Å². The van der Waals surface area contributed by atoms with Crippen LogP contribution >= 0.6 is 0 Å². The Morgan fingerprint density at radius 3 is 2.44 bits per heavy atom. The van der Waals surface area contributed by atoms with Gasteiger partial charge in [0.25, 0.3) is 0 Å². The van der Waals surface area contributed by atoms with Crippen molar-refractivity contribution in [2.75, 3.05) is 19.7 Å². The van der Waals surface area contributed by atoms with E-state index in [0.29, 0.717) is 6.04 Å². The molecule has 0 spiro atoms. The number of hydrogen-bond acceptors (Lipinski definition) is 3. The number of aryl methyl sites for hydroxylation is 1. The first-order chi connectivity index (χ1) is 13.2. The zero-order valence-electron chi connectivity index (χ0n) is 17.1. The molecule has 2 fully saturated rings. The molecule has 1 aromatic rings. The van der Waals surface area contributed by atoms with Gasteiger partial charge in [-0.3, -0.25) is 9.69 Å². The highest BCUT2D eigenvalue weighted by Crippen LogP contribution is 2.25. The number of nitrogens with one attached hydrogen (secondary N) is 1. The fraction of sp³-hybridized carbons (Fsp3) is 0.696. The third-order valence-electron chi connectivity index (χ3n) is 6.35. The Morgan fingerprint density at radius 2 is 1.81 bits per heavy atom. The Labute approximate surface area is 164 Å². The Kier molecular flexibility index (Phi) is 7.57. The molecule has 1 aliphatic heterocycles. The van der Waals surface area contributed by atoms with Gasteiger partial charge in [-0.15, -0.1) is 0 Å². The van der Waals surface area contributed by atoms with Crippen LogP contribution in [0.1, 0.15) is 64.4 Å². The summed E-state index contributed by atoms with van der Waals surface area (Å²) in [5, 5.41) is 3.26. The predicted molar refractivity (Wildman–Crippen MR) is 110 cm³/mol. The van der Waals surface area contributed by atoms with Gasteiger partial charge in [0, 0.05) is 6.04 Å². The number of likely N-dealkylation sites (tertiary alicyclic amines) is 1. The second-order valence-corrected chi connectivity index (χ2v) is 8.26. The average Bonchev–Trinajstić information content (AvgIpc) is 3.20. The topological polar surface area (TPSA) is 41.6 Å². The Hall–Kier alpha value is -1.55. The number of nitrogens with zero attached hydrogens (tertiary/aromatic N) is 1. The summed E-state index contributed by atoms with van der Waals surface area (Å²) >= 11 is 0. The summed E-state index contributed by atoms with van der Waals surface area (Å²) < 4.78 is 5.51. The molecule has 0 bridgehead atoms. The number of amides is 1. The van der Waals surface area contributed by atoms with Gasteiger partial charge in [0.2, 0.25) is 5.91 Å². The molecule has 0 aromatic heterocycles. The van der Waals surface area contributed by atoms with Crippen LogP contribution < -0.4 is 10.1 Å². The lowest BCUT2D eigenvalue weighted by Gasteiger charge is -2.35. The summed E-state index contributed by atoms with van der Waals surface area (Å²) in [6.07, 6.45) is 9.63. The molecule has 1 atom stereocenters. The van der Waals surface area contributed by atoms with Gasteiger partial charge in [-0.1, -0.05) is 25.0 Å². The van der Waals surface area contributed by atoms with Crippen molar-refractivity contribution in [2.45, 2.75) is 77.3 Å². The van der Waals surface area contributed by atoms with Crippen LogP contribution in [0.15, 0.2) is 24.3 Å². The quantitative estimate of drug-likeness (QED) is 0.744. The molecule has 1 aromatic carbocycles. The lowest BCUT2D eigenvalue weighted by atomic mass is 9.90. The van der Waals surface area contributed by atoms with Crippen LogP contribution in [0.3, 0.4) is 0 Å². The van der Waals surface area contributed by atoms with E-state index in [4.69, 9.17) is 4.74 Å². The smallest absolute Gasteiger partial charge is 0.237 e.